The number of hydrogen-bond donors (Lipinski definition) is 1. The van der Waals surface area contributed by atoms with Crippen LogP contribution in [0.2, 0.25) is 0 Å². The molecular formula is C22H51NO2. The first-order chi connectivity index (χ1) is 11.8. The minimum atomic E-state index is 0. The molecule has 0 aromatic heterocycles. The summed E-state index contributed by atoms with van der Waals surface area (Å²) in [6, 6.07) is 0. The van der Waals surface area contributed by atoms with E-state index in [9.17, 15) is 4.79 Å². The van der Waals surface area contributed by atoms with Crippen molar-refractivity contribution in [3.63, 3.8) is 0 Å². The van der Waals surface area contributed by atoms with Crippen molar-refractivity contribution in [2.75, 3.05) is 13.7 Å². The van der Waals surface area contributed by atoms with Gasteiger partial charge in [0, 0.05) is 21.6 Å². The van der Waals surface area contributed by atoms with E-state index >= 15 is 0 Å². The molecule has 156 valence electrons. The number of ether oxygens (including phenoxy) is 1. The lowest BCUT2D eigenvalue weighted by atomic mass is 10.0. The van der Waals surface area contributed by atoms with Gasteiger partial charge in [0.25, 0.3) is 0 Å². The third kappa shape index (κ3) is 31.8. The number of ketones is 1. The predicted octanol–water partition coefficient (Wildman–Crippen LogP) is 7.90. The summed E-state index contributed by atoms with van der Waals surface area (Å²) in [6.07, 6.45) is 21.1. The average molecular weight is 362 g/mol. The van der Waals surface area contributed by atoms with Gasteiger partial charge >= 0.3 is 0 Å². The lowest BCUT2D eigenvalue weighted by molar-refractivity contribution is -0.117. The summed E-state index contributed by atoms with van der Waals surface area (Å²) in [5.74, 6) is 0.343. The lowest BCUT2D eigenvalue weighted by Gasteiger charge is -2.03. The van der Waals surface area contributed by atoms with Gasteiger partial charge in [-0.1, -0.05) is 97.3 Å². The molecule has 0 aromatic rings. The van der Waals surface area contributed by atoms with Crippen molar-refractivity contribution in [2.24, 2.45) is 0 Å². The number of rotatable bonds is 18. The largest absolute Gasteiger partial charge is 0.385 e. The fraction of sp³-hybridized carbons (Fsp3) is 0.955. The van der Waals surface area contributed by atoms with Crippen LogP contribution in [0.5, 0.6) is 0 Å². The molecular weight excluding hydrogens is 310 g/mol. The molecule has 3 N–H and O–H groups in total. The second kappa shape index (κ2) is 28.4. The molecule has 0 fully saturated rings. The molecule has 0 aromatic carbocycles. The molecule has 0 aliphatic heterocycles. The van der Waals surface area contributed by atoms with E-state index in [2.05, 4.69) is 0 Å². The van der Waals surface area contributed by atoms with Crippen molar-refractivity contribution in [3.05, 3.63) is 0 Å². The third-order valence-electron chi connectivity index (χ3n) is 4.38. The Labute approximate surface area is 160 Å². The summed E-state index contributed by atoms with van der Waals surface area (Å²) in [4.78, 5) is 10.8. The molecule has 0 spiro atoms. The fourth-order valence-electron chi connectivity index (χ4n) is 2.92. The van der Waals surface area contributed by atoms with Crippen LogP contribution in [0.25, 0.3) is 0 Å². The molecule has 0 rings (SSSR count). The van der Waals surface area contributed by atoms with E-state index in [1.54, 1.807) is 14.0 Å². The topological polar surface area (TPSA) is 61.3 Å². The predicted molar refractivity (Wildman–Crippen MR) is 115 cm³/mol. The summed E-state index contributed by atoms with van der Waals surface area (Å²) in [6.45, 7) is 6.62. The van der Waals surface area contributed by atoms with Crippen LogP contribution in [-0.4, -0.2) is 19.5 Å². The van der Waals surface area contributed by atoms with Crippen molar-refractivity contribution in [2.45, 2.75) is 124 Å². The summed E-state index contributed by atoms with van der Waals surface area (Å²) in [5, 5.41) is 0. The molecule has 0 saturated heterocycles. The van der Waals surface area contributed by atoms with E-state index in [1.807, 2.05) is 13.8 Å². The number of unbranched alkanes of at least 4 members (excludes halogenated alkanes) is 14. The second-order valence-electron chi connectivity index (χ2n) is 6.75. The Kier molecular flexibility index (Phi) is 33.3. The monoisotopic (exact) mass is 361 g/mol. The Balaban J connectivity index is -0.000000582. The van der Waals surface area contributed by atoms with Crippen LogP contribution < -0.4 is 6.15 Å². The normalized spacial score (nSPS) is 9.92. The highest BCUT2D eigenvalue weighted by atomic mass is 16.5. The van der Waals surface area contributed by atoms with Crippen LogP contribution >= 0.6 is 0 Å². The van der Waals surface area contributed by atoms with Gasteiger partial charge in [-0.15, -0.1) is 0 Å². The van der Waals surface area contributed by atoms with Crippen molar-refractivity contribution in [3.8, 4) is 0 Å². The van der Waals surface area contributed by atoms with E-state index in [-0.39, 0.29) is 7.58 Å². The highest BCUT2D eigenvalue weighted by Crippen LogP contribution is 2.13. The van der Waals surface area contributed by atoms with E-state index in [0.29, 0.717) is 5.78 Å². The quantitative estimate of drug-likeness (QED) is 0.252. The Bertz CT molecular complexity index is 238. The van der Waals surface area contributed by atoms with Crippen molar-refractivity contribution >= 4 is 5.78 Å². The minimum Gasteiger partial charge on any atom is -0.385 e. The first-order valence-electron chi connectivity index (χ1n) is 10.8. The second-order valence-corrected chi connectivity index (χ2v) is 6.75. The molecule has 3 heteroatoms. The Morgan fingerprint density at radius 3 is 1.20 bits per heavy atom. The molecule has 0 amide bonds. The van der Waals surface area contributed by atoms with Crippen LogP contribution in [0.15, 0.2) is 0 Å². The van der Waals surface area contributed by atoms with Crippen LogP contribution in [-0.2, 0) is 9.53 Å². The molecule has 0 aliphatic rings. The van der Waals surface area contributed by atoms with Gasteiger partial charge < -0.3 is 15.7 Å². The van der Waals surface area contributed by atoms with Crippen LogP contribution in [0.1, 0.15) is 125 Å². The Morgan fingerprint density at radius 1 is 0.640 bits per heavy atom. The van der Waals surface area contributed by atoms with Gasteiger partial charge in [-0.25, -0.2) is 0 Å². The maximum absolute atomic E-state index is 10.8. The third-order valence-corrected chi connectivity index (χ3v) is 4.38. The van der Waals surface area contributed by atoms with Gasteiger partial charge in [-0.2, -0.15) is 0 Å². The Morgan fingerprint density at radius 2 is 0.920 bits per heavy atom. The molecule has 0 radical (unpaired) electrons. The molecule has 3 nitrogen and oxygen atoms in total. The minimum absolute atomic E-state index is 0. The summed E-state index contributed by atoms with van der Waals surface area (Å²) in [7, 11) is 1.79. The molecule has 0 bridgehead atoms. The average Bonchev–Trinajstić information content (AvgIpc) is 2.59. The van der Waals surface area contributed by atoms with Crippen molar-refractivity contribution in [1.29, 1.82) is 0 Å². The van der Waals surface area contributed by atoms with E-state index in [0.717, 1.165) is 19.4 Å². The van der Waals surface area contributed by atoms with Gasteiger partial charge in [0.05, 0.1) is 0 Å². The smallest absolute Gasteiger partial charge is 0.129 e. The molecule has 0 saturated carbocycles. The maximum Gasteiger partial charge on any atom is 0.129 e. The molecule has 25 heavy (non-hydrogen) atoms. The molecule has 0 heterocycles. The first-order valence-corrected chi connectivity index (χ1v) is 10.8. The van der Waals surface area contributed by atoms with E-state index < -0.39 is 0 Å². The number of methoxy groups -OCH3 is 1. The number of carbonyl (C=O) groups excluding carboxylic acids is 1. The highest BCUT2D eigenvalue weighted by molar-refractivity contribution is 5.75. The van der Waals surface area contributed by atoms with Crippen LogP contribution in [0, 0.1) is 0 Å². The Hall–Kier alpha value is -0.410. The number of hydrogen-bond acceptors (Lipinski definition) is 3. The highest BCUT2D eigenvalue weighted by Gasteiger charge is 1.96. The fourth-order valence-corrected chi connectivity index (χ4v) is 2.92. The van der Waals surface area contributed by atoms with Crippen molar-refractivity contribution in [1.82, 2.24) is 6.15 Å². The molecule has 0 atom stereocenters. The zero-order valence-electron chi connectivity index (χ0n) is 18.0. The van der Waals surface area contributed by atoms with Crippen molar-refractivity contribution < 1.29 is 11.0 Å². The summed E-state index contributed by atoms with van der Waals surface area (Å²) in [5.41, 5.74) is 0. The molecule has 0 aliphatic carbocycles. The van der Waals surface area contributed by atoms with E-state index in [4.69, 9.17) is 4.74 Å². The first kappa shape index (κ1) is 29.4. The standard InChI is InChI=1S/C20H40O2.C2H6.H3N.H2/c1-20(21)18-16-14-12-10-8-6-4-3-5-7-9-11-13-15-17-19-22-2;1-2;;/h3-19H2,1-2H3;1-2H3;1H3;1H. The maximum atomic E-state index is 10.8. The zero-order valence-corrected chi connectivity index (χ0v) is 18.0. The van der Waals surface area contributed by atoms with Gasteiger partial charge in [-0.3, -0.25) is 0 Å². The molecule has 0 unspecified atom stereocenters. The van der Waals surface area contributed by atoms with Gasteiger partial charge in [0.1, 0.15) is 5.78 Å². The van der Waals surface area contributed by atoms with Gasteiger partial charge in [0.15, 0.2) is 0 Å². The van der Waals surface area contributed by atoms with Crippen LogP contribution in [0.4, 0.5) is 0 Å². The van der Waals surface area contributed by atoms with Gasteiger partial charge in [-0.05, 0) is 19.8 Å². The van der Waals surface area contributed by atoms with Gasteiger partial charge in [0.2, 0.25) is 0 Å². The SMILES string of the molecule is CC.COCCCCCCCCCCCCCCCCCC(C)=O.N.[HH]. The number of Topliss-reactive ketones (excluding diaryl/α,β-unsaturated/α-hetero) is 1. The summed E-state index contributed by atoms with van der Waals surface area (Å²) >= 11 is 0. The van der Waals surface area contributed by atoms with Crippen LogP contribution in [0.3, 0.4) is 0 Å². The van der Waals surface area contributed by atoms with E-state index in [1.165, 1.54) is 89.9 Å². The number of carbonyl (C=O) groups is 1. The zero-order chi connectivity index (χ0) is 18.3. The summed E-state index contributed by atoms with van der Waals surface area (Å²) < 4.78 is 5.06. The lowest BCUT2D eigenvalue weighted by Crippen LogP contribution is -1.89.